The summed E-state index contributed by atoms with van der Waals surface area (Å²) in [6.45, 7) is 22.1. The number of aliphatic hydroxyl groups excluding tert-OH is 1. The zero-order chi connectivity index (χ0) is 43.7. The minimum Gasteiger partial charge on any atom is -0.414 e. The van der Waals surface area contributed by atoms with Gasteiger partial charge in [0, 0.05) is 11.8 Å². The van der Waals surface area contributed by atoms with Crippen LogP contribution in [0.25, 0.3) is 0 Å². The van der Waals surface area contributed by atoms with Crippen molar-refractivity contribution >= 4 is 25.0 Å². The standard InChI is InChI=1S/C51H98O6Si3/c1-10-19-33-58(34-20-11-2,35-21-12-3)54-43-46-49(56-59(36-22-13-4,37-23-14-5)38-24-15-6)50(57-60(39-25-16-7,40-26-17-8)41-27-18-9)47-45(42-53-51(47)55-46)48(52)44-31-29-28-30-32-44/h28-32,45-52H,10-27,33-43H2,1-9H3/t45-,46-,47+,48-,49-,50-,51-/m1/s1. The predicted octanol–water partition coefficient (Wildman–Crippen LogP) is 15.5. The van der Waals surface area contributed by atoms with Gasteiger partial charge in [-0.2, -0.15) is 0 Å². The van der Waals surface area contributed by atoms with Gasteiger partial charge < -0.3 is 27.9 Å². The van der Waals surface area contributed by atoms with Crippen molar-refractivity contribution in [3.63, 3.8) is 0 Å². The Morgan fingerprint density at radius 2 is 0.900 bits per heavy atom. The number of hydrogen-bond donors (Lipinski definition) is 1. The van der Waals surface area contributed by atoms with Crippen molar-refractivity contribution in [3.8, 4) is 0 Å². The third kappa shape index (κ3) is 16.6. The van der Waals surface area contributed by atoms with E-state index in [0.717, 1.165) is 5.56 Å². The third-order valence-corrected chi connectivity index (χ3v) is 28.1. The molecule has 0 radical (unpaired) electrons. The Bertz CT molecular complexity index is 1140. The Morgan fingerprint density at radius 1 is 0.533 bits per heavy atom. The summed E-state index contributed by atoms with van der Waals surface area (Å²) in [6.07, 6.45) is 20.0. The molecular weight excluding hydrogens is 793 g/mol. The van der Waals surface area contributed by atoms with Crippen molar-refractivity contribution in [1.29, 1.82) is 0 Å². The normalized spacial score (nSPS) is 23.0. The van der Waals surface area contributed by atoms with Crippen LogP contribution in [0.1, 0.15) is 190 Å². The van der Waals surface area contributed by atoms with Crippen LogP contribution in [0.3, 0.4) is 0 Å². The lowest BCUT2D eigenvalue weighted by molar-refractivity contribution is -0.254. The van der Waals surface area contributed by atoms with Gasteiger partial charge >= 0.3 is 0 Å². The highest BCUT2D eigenvalue weighted by molar-refractivity contribution is 6.74. The number of fused-ring (bicyclic) bond motifs is 1. The van der Waals surface area contributed by atoms with Crippen LogP contribution in [0.15, 0.2) is 30.3 Å². The molecule has 3 rings (SSSR count). The van der Waals surface area contributed by atoms with Crippen LogP contribution in [0.5, 0.6) is 0 Å². The first-order chi connectivity index (χ1) is 29.2. The lowest BCUT2D eigenvalue weighted by Crippen LogP contribution is -2.64. The smallest absolute Gasteiger partial charge is 0.193 e. The second kappa shape index (κ2) is 30.0. The van der Waals surface area contributed by atoms with Crippen LogP contribution >= 0.6 is 0 Å². The van der Waals surface area contributed by atoms with Crippen LogP contribution in [-0.2, 0) is 22.8 Å². The van der Waals surface area contributed by atoms with E-state index in [0.29, 0.717) is 13.2 Å². The van der Waals surface area contributed by atoms with E-state index in [1.165, 1.54) is 170 Å². The molecule has 60 heavy (non-hydrogen) atoms. The maximum absolute atomic E-state index is 12.4. The Morgan fingerprint density at radius 3 is 1.28 bits per heavy atom. The summed E-state index contributed by atoms with van der Waals surface area (Å²) in [4.78, 5) is 0. The molecule has 2 saturated heterocycles. The molecule has 0 unspecified atom stereocenters. The number of hydrogen-bond acceptors (Lipinski definition) is 6. The fraction of sp³-hybridized carbons (Fsp3) is 0.882. The Balaban J connectivity index is 2.32. The van der Waals surface area contributed by atoms with Gasteiger partial charge in [-0.25, -0.2) is 0 Å². The largest absolute Gasteiger partial charge is 0.414 e. The lowest BCUT2D eigenvalue weighted by Gasteiger charge is -2.52. The number of unbranched alkanes of at least 4 members (excludes halogenated alkanes) is 9. The summed E-state index contributed by atoms with van der Waals surface area (Å²) in [5.41, 5.74) is 0.955. The van der Waals surface area contributed by atoms with Crippen LogP contribution < -0.4 is 0 Å². The lowest BCUT2D eigenvalue weighted by atomic mass is 9.79. The minimum absolute atomic E-state index is 0.115. The van der Waals surface area contributed by atoms with Gasteiger partial charge in [-0.1, -0.05) is 208 Å². The molecule has 2 heterocycles. The average Bonchev–Trinajstić information content (AvgIpc) is 3.71. The average molecular weight is 892 g/mol. The van der Waals surface area contributed by atoms with Crippen LogP contribution in [0.2, 0.25) is 54.4 Å². The predicted molar refractivity (Wildman–Crippen MR) is 263 cm³/mol. The minimum atomic E-state index is -2.27. The fourth-order valence-corrected chi connectivity index (χ4v) is 25.1. The SMILES string of the molecule is CCCC[Si](CCCC)(CCCC)OC[C@H]1O[C@H]2OC[C@@H]([C@H](O)c3ccccc3)[C@H]2[C@@H](O[Si](CCCC)(CCCC)CCCC)[C@@H]1O[Si](CCCC)(CCCC)CCCC. The first-order valence-electron chi connectivity index (χ1n) is 26.2. The van der Waals surface area contributed by atoms with Gasteiger partial charge in [-0.3, -0.25) is 0 Å². The number of ether oxygens (including phenoxy) is 2. The second-order valence-corrected chi connectivity index (χ2v) is 31.8. The highest BCUT2D eigenvalue weighted by Gasteiger charge is 2.59. The monoisotopic (exact) mass is 891 g/mol. The molecule has 0 saturated carbocycles. The Hall–Kier alpha value is -0.369. The summed E-state index contributed by atoms with van der Waals surface area (Å²) in [7, 11) is -6.60. The van der Waals surface area contributed by atoms with E-state index in [1.807, 2.05) is 6.07 Å². The first kappa shape index (κ1) is 54.0. The number of aliphatic hydroxyl groups is 1. The highest BCUT2D eigenvalue weighted by atomic mass is 28.4. The molecule has 0 amide bonds. The van der Waals surface area contributed by atoms with Crippen molar-refractivity contribution < 1.29 is 27.9 Å². The fourth-order valence-electron chi connectivity index (χ4n) is 10.5. The Labute approximate surface area is 375 Å². The maximum atomic E-state index is 12.4. The molecule has 2 aliphatic rings. The van der Waals surface area contributed by atoms with Crippen molar-refractivity contribution in [2.45, 2.75) is 263 Å². The van der Waals surface area contributed by atoms with Gasteiger partial charge in [0.05, 0.1) is 31.5 Å². The quantitative estimate of drug-likeness (QED) is 0.0677. The van der Waals surface area contributed by atoms with Gasteiger partial charge in [0.15, 0.2) is 31.2 Å². The van der Waals surface area contributed by atoms with E-state index < -0.39 is 37.3 Å². The molecular formula is C51H98O6Si3. The number of benzene rings is 1. The van der Waals surface area contributed by atoms with E-state index in [1.54, 1.807) is 0 Å². The molecule has 2 fully saturated rings. The summed E-state index contributed by atoms with van der Waals surface area (Å²) < 4.78 is 38.3. The molecule has 0 spiro atoms. The molecule has 7 atom stereocenters. The molecule has 0 bridgehead atoms. The van der Waals surface area contributed by atoms with E-state index in [4.69, 9.17) is 22.8 Å². The van der Waals surface area contributed by atoms with E-state index >= 15 is 0 Å². The van der Waals surface area contributed by atoms with E-state index in [-0.39, 0.29) is 30.1 Å². The zero-order valence-corrected chi connectivity index (χ0v) is 43.9. The molecule has 2 aliphatic heterocycles. The molecule has 0 aliphatic carbocycles. The van der Waals surface area contributed by atoms with Crippen molar-refractivity contribution in [2.24, 2.45) is 11.8 Å². The summed E-state index contributed by atoms with van der Waals surface area (Å²) in [5.74, 6) is -0.258. The highest BCUT2D eigenvalue weighted by Crippen LogP contribution is 2.49. The molecule has 1 aromatic carbocycles. The number of rotatable bonds is 36. The summed E-state index contributed by atoms with van der Waals surface area (Å²) in [6, 6.07) is 21.2. The Kier molecular flexibility index (Phi) is 26.9. The van der Waals surface area contributed by atoms with E-state index in [2.05, 4.69) is 86.6 Å². The molecule has 0 aromatic heterocycles. The molecule has 1 aromatic rings. The van der Waals surface area contributed by atoms with Crippen LogP contribution in [0, 0.1) is 11.8 Å². The maximum Gasteiger partial charge on any atom is 0.193 e. The van der Waals surface area contributed by atoms with Gasteiger partial charge in [0.25, 0.3) is 0 Å². The van der Waals surface area contributed by atoms with Gasteiger partial charge in [-0.05, 0) is 60.0 Å². The van der Waals surface area contributed by atoms with Crippen molar-refractivity contribution in [1.82, 2.24) is 0 Å². The molecule has 350 valence electrons. The zero-order valence-electron chi connectivity index (χ0n) is 40.9. The van der Waals surface area contributed by atoms with Gasteiger partial charge in [0.1, 0.15) is 6.10 Å². The molecule has 6 nitrogen and oxygen atoms in total. The first-order valence-corrected chi connectivity index (χ1v) is 33.8. The van der Waals surface area contributed by atoms with Gasteiger partial charge in [0.2, 0.25) is 0 Å². The summed E-state index contributed by atoms with van der Waals surface area (Å²) >= 11 is 0. The van der Waals surface area contributed by atoms with Crippen LogP contribution in [-0.4, -0.2) is 67.9 Å². The van der Waals surface area contributed by atoms with Crippen LogP contribution in [0.4, 0.5) is 0 Å². The third-order valence-electron chi connectivity index (χ3n) is 14.4. The van der Waals surface area contributed by atoms with Gasteiger partial charge in [-0.15, -0.1) is 0 Å². The molecule has 1 N–H and O–H groups in total. The molecule has 9 heteroatoms. The second-order valence-electron chi connectivity index (χ2n) is 19.4. The van der Waals surface area contributed by atoms with E-state index in [9.17, 15) is 5.11 Å². The van der Waals surface area contributed by atoms with Crippen molar-refractivity contribution in [2.75, 3.05) is 13.2 Å². The summed E-state index contributed by atoms with van der Waals surface area (Å²) in [5, 5.41) is 12.4. The van der Waals surface area contributed by atoms with Crippen molar-refractivity contribution in [3.05, 3.63) is 35.9 Å². The topological polar surface area (TPSA) is 66.4 Å².